The summed E-state index contributed by atoms with van der Waals surface area (Å²) in [6.07, 6.45) is 0. The fourth-order valence-corrected chi connectivity index (χ4v) is 3.93. The largest absolute Gasteiger partial charge is 0.456 e. The predicted octanol–water partition coefficient (Wildman–Crippen LogP) is 3.84. The predicted molar refractivity (Wildman–Crippen MR) is 118 cm³/mol. The van der Waals surface area contributed by atoms with Crippen molar-refractivity contribution in [3.05, 3.63) is 82.0 Å². The molecule has 2 aliphatic rings. The van der Waals surface area contributed by atoms with E-state index in [1.54, 1.807) is 0 Å². The second-order valence-electron chi connectivity index (χ2n) is 7.41. The van der Waals surface area contributed by atoms with Crippen LogP contribution in [0.2, 0.25) is 5.02 Å². The Morgan fingerprint density at radius 1 is 0.968 bits per heavy atom. The Morgan fingerprint density at radius 3 is 2.42 bits per heavy atom. The highest BCUT2D eigenvalue weighted by Gasteiger charge is 2.31. The second kappa shape index (κ2) is 8.53. The van der Waals surface area contributed by atoms with Crippen molar-refractivity contribution in [2.45, 2.75) is 12.6 Å². The lowest BCUT2D eigenvalue weighted by Gasteiger charge is -2.28. The number of morpholine rings is 1. The third-order valence-electron chi connectivity index (χ3n) is 5.45. The molecule has 0 amide bonds. The number of carbonyl (C=O) groups excluding carboxylic acids is 1. The van der Waals surface area contributed by atoms with Gasteiger partial charge in [0.05, 0.1) is 24.8 Å². The Balaban J connectivity index is 1.57. The summed E-state index contributed by atoms with van der Waals surface area (Å²) in [5, 5.41) is 4.22. The molecule has 0 radical (unpaired) electrons. The number of hydrogen-bond acceptors (Lipinski definition) is 7. The highest BCUT2D eigenvalue weighted by molar-refractivity contribution is 6.30. The van der Waals surface area contributed by atoms with Crippen LogP contribution in [0.5, 0.6) is 0 Å². The zero-order valence-corrected chi connectivity index (χ0v) is 17.5. The maximum absolute atomic E-state index is 12.3. The van der Waals surface area contributed by atoms with Crippen molar-refractivity contribution in [2.75, 3.05) is 36.5 Å². The number of anilines is 2. The summed E-state index contributed by atoms with van der Waals surface area (Å²) in [6.45, 7) is 2.71. The highest BCUT2D eigenvalue weighted by atomic mass is 35.5. The number of carbonyl (C=O) groups is 1. The highest BCUT2D eigenvalue weighted by Crippen LogP contribution is 2.33. The van der Waals surface area contributed by atoms with Crippen LogP contribution in [0, 0.1) is 0 Å². The molecule has 2 aliphatic heterocycles. The normalized spacial score (nSPS) is 16.5. The number of halogens is 1. The molecule has 1 N–H and O–H groups in total. The summed E-state index contributed by atoms with van der Waals surface area (Å²) >= 11 is 6.11. The van der Waals surface area contributed by atoms with Crippen LogP contribution in [-0.2, 0) is 16.1 Å². The average molecular weight is 437 g/mol. The fraction of sp³-hybridized carbons (Fsp3) is 0.261. The van der Waals surface area contributed by atoms with E-state index < -0.39 is 5.97 Å². The van der Waals surface area contributed by atoms with E-state index >= 15 is 0 Å². The summed E-state index contributed by atoms with van der Waals surface area (Å²) in [7, 11) is 0. The fourth-order valence-electron chi connectivity index (χ4n) is 3.80. The van der Waals surface area contributed by atoms with Crippen LogP contribution < -0.4 is 10.2 Å². The molecule has 31 heavy (non-hydrogen) atoms. The van der Waals surface area contributed by atoms with E-state index in [1.807, 2.05) is 47.4 Å². The SMILES string of the molecule is O=C1OCc2c(NC(c3ccccc3)c3ccc(Cl)cc3)nc(N3CCOCC3)nc21. The second-order valence-corrected chi connectivity index (χ2v) is 7.85. The van der Waals surface area contributed by atoms with Crippen LogP contribution in [0.3, 0.4) is 0 Å². The quantitative estimate of drug-likeness (QED) is 0.609. The summed E-state index contributed by atoms with van der Waals surface area (Å²) in [4.78, 5) is 23.7. The van der Waals surface area contributed by atoms with Gasteiger partial charge >= 0.3 is 5.97 Å². The van der Waals surface area contributed by atoms with Crippen molar-refractivity contribution in [1.82, 2.24) is 9.97 Å². The van der Waals surface area contributed by atoms with E-state index in [0.717, 1.165) is 11.1 Å². The molecule has 1 fully saturated rings. The van der Waals surface area contributed by atoms with Gasteiger partial charge in [-0.05, 0) is 23.3 Å². The van der Waals surface area contributed by atoms with E-state index in [0.29, 0.717) is 54.3 Å². The van der Waals surface area contributed by atoms with Crippen LogP contribution in [0.1, 0.15) is 33.2 Å². The van der Waals surface area contributed by atoms with Gasteiger partial charge in [0, 0.05) is 18.1 Å². The number of fused-ring (bicyclic) bond motifs is 1. The van der Waals surface area contributed by atoms with Crippen molar-refractivity contribution < 1.29 is 14.3 Å². The molecule has 2 aromatic carbocycles. The molecular formula is C23H21ClN4O3. The molecule has 1 atom stereocenters. The van der Waals surface area contributed by atoms with E-state index in [4.69, 9.17) is 26.1 Å². The lowest BCUT2D eigenvalue weighted by molar-refractivity contribution is 0.0531. The maximum atomic E-state index is 12.3. The van der Waals surface area contributed by atoms with Crippen molar-refractivity contribution in [3.63, 3.8) is 0 Å². The molecular weight excluding hydrogens is 416 g/mol. The minimum Gasteiger partial charge on any atom is -0.456 e. The van der Waals surface area contributed by atoms with Gasteiger partial charge in [-0.2, -0.15) is 4.98 Å². The number of esters is 1. The molecule has 3 aromatic rings. The molecule has 1 unspecified atom stereocenters. The van der Waals surface area contributed by atoms with E-state index in [9.17, 15) is 4.79 Å². The third kappa shape index (κ3) is 4.06. The number of benzene rings is 2. The van der Waals surface area contributed by atoms with Crippen LogP contribution in [0.4, 0.5) is 11.8 Å². The van der Waals surface area contributed by atoms with Gasteiger partial charge in [0.2, 0.25) is 5.95 Å². The number of ether oxygens (including phenoxy) is 2. The Morgan fingerprint density at radius 2 is 1.68 bits per heavy atom. The molecule has 8 heteroatoms. The van der Waals surface area contributed by atoms with Gasteiger partial charge in [0.15, 0.2) is 5.69 Å². The topological polar surface area (TPSA) is 76.6 Å². The van der Waals surface area contributed by atoms with Gasteiger partial charge in [-0.25, -0.2) is 9.78 Å². The smallest absolute Gasteiger partial charge is 0.357 e. The molecule has 5 rings (SSSR count). The van der Waals surface area contributed by atoms with Gasteiger partial charge in [-0.15, -0.1) is 0 Å². The van der Waals surface area contributed by atoms with E-state index in [2.05, 4.69) is 22.4 Å². The Hall–Kier alpha value is -3.16. The number of cyclic esters (lactones) is 1. The Bertz CT molecular complexity index is 1090. The molecule has 3 heterocycles. The summed E-state index contributed by atoms with van der Waals surface area (Å²) < 4.78 is 10.7. The van der Waals surface area contributed by atoms with Crippen LogP contribution >= 0.6 is 11.6 Å². The number of nitrogens with zero attached hydrogens (tertiary/aromatic N) is 3. The lowest BCUT2D eigenvalue weighted by atomic mass is 9.98. The Kier molecular flexibility index (Phi) is 5.44. The van der Waals surface area contributed by atoms with Gasteiger partial charge in [0.25, 0.3) is 0 Å². The standard InChI is InChI=1S/C23H21ClN4O3/c24-17-8-6-16(7-9-17)19(15-4-2-1-3-5-15)25-21-18-14-31-22(29)20(18)26-23(27-21)28-10-12-30-13-11-28/h1-9,19H,10-14H2,(H,25,26,27). The molecule has 1 saturated heterocycles. The molecule has 158 valence electrons. The molecule has 0 saturated carbocycles. The van der Waals surface area contributed by atoms with Gasteiger partial charge in [-0.3, -0.25) is 0 Å². The van der Waals surface area contributed by atoms with Gasteiger partial charge in [0.1, 0.15) is 12.4 Å². The van der Waals surface area contributed by atoms with Crippen molar-refractivity contribution in [3.8, 4) is 0 Å². The van der Waals surface area contributed by atoms with E-state index in [-0.39, 0.29) is 12.6 Å². The Labute approximate surface area is 185 Å². The van der Waals surface area contributed by atoms with Crippen molar-refractivity contribution in [2.24, 2.45) is 0 Å². The van der Waals surface area contributed by atoms with Crippen LogP contribution in [-0.4, -0.2) is 42.2 Å². The third-order valence-corrected chi connectivity index (χ3v) is 5.70. The molecule has 0 bridgehead atoms. The summed E-state index contributed by atoms with van der Waals surface area (Å²) in [5.74, 6) is 0.685. The molecule has 7 nitrogen and oxygen atoms in total. The van der Waals surface area contributed by atoms with Crippen LogP contribution in [0.15, 0.2) is 54.6 Å². The summed E-state index contributed by atoms with van der Waals surface area (Å²) in [5.41, 5.74) is 3.09. The van der Waals surface area contributed by atoms with Crippen molar-refractivity contribution in [1.29, 1.82) is 0 Å². The van der Waals surface area contributed by atoms with Crippen molar-refractivity contribution >= 4 is 29.3 Å². The molecule has 0 spiro atoms. The molecule has 1 aromatic heterocycles. The first-order chi connectivity index (χ1) is 15.2. The van der Waals surface area contributed by atoms with Gasteiger partial charge in [-0.1, -0.05) is 54.1 Å². The van der Waals surface area contributed by atoms with E-state index in [1.165, 1.54) is 0 Å². The minimum absolute atomic E-state index is 0.155. The lowest BCUT2D eigenvalue weighted by Crippen LogP contribution is -2.37. The molecule has 0 aliphatic carbocycles. The average Bonchev–Trinajstić information content (AvgIpc) is 3.20. The minimum atomic E-state index is -0.419. The number of nitrogens with one attached hydrogen (secondary N) is 1. The maximum Gasteiger partial charge on any atom is 0.357 e. The van der Waals surface area contributed by atoms with Crippen LogP contribution in [0.25, 0.3) is 0 Å². The zero-order chi connectivity index (χ0) is 21.2. The monoisotopic (exact) mass is 436 g/mol. The van der Waals surface area contributed by atoms with Gasteiger partial charge < -0.3 is 19.7 Å². The zero-order valence-electron chi connectivity index (χ0n) is 16.8. The number of rotatable bonds is 5. The summed E-state index contributed by atoms with van der Waals surface area (Å²) in [6, 6.07) is 17.6. The number of aromatic nitrogens is 2. The first-order valence-electron chi connectivity index (χ1n) is 10.2. The number of hydrogen-bond donors (Lipinski definition) is 1. The first-order valence-corrected chi connectivity index (χ1v) is 10.5. The first kappa shape index (κ1) is 19.8.